The Kier molecular flexibility index (Phi) is 2.70. The van der Waals surface area contributed by atoms with Crippen LogP contribution < -0.4 is 0 Å². The van der Waals surface area contributed by atoms with Crippen LogP contribution in [-0.4, -0.2) is 16.7 Å². The average Bonchev–Trinajstić information content (AvgIpc) is 2.08. The maximum absolute atomic E-state index is 13.8. The second-order valence-corrected chi connectivity index (χ2v) is 3.40. The van der Waals surface area contributed by atoms with E-state index in [1.807, 2.05) is 6.07 Å². The molecule has 0 bridgehead atoms. The topological polar surface area (TPSA) is 61.1 Å². The molecular formula is C10H10FNO2. The van der Waals surface area contributed by atoms with Gasteiger partial charge in [-0.15, -0.1) is 0 Å². The molecule has 1 aliphatic carbocycles. The molecule has 3 nitrogen and oxygen atoms in total. The van der Waals surface area contributed by atoms with Gasteiger partial charge in [-0.2, -0.15) is 5.26 Å². The molecule has 1 rings (SSSR count). The standard InChI is InChI=1S/C10H10FNO2/c1-10(11)6-7(9(13)14)2-3-8(10)4-5-12/h2-3H,4,6H2,1H3,(H,13,14). The molecule has 0 spiro atoms. The minimum atomic E-state index is -1.71. The Bertz CT molecular complexity index is 361. The maximum Gasteiger partial charge on any atom is 0.331 e. The lowest BCUT2D eigenvalue weighted by atomic mass is 9.84. The number of aliphatic carboxylic acids is 1. The van der Waals surface area contributed by atoms with Crippen LogP contribution in [0.25, 0.3) is 0 Å². The lowest BCUT2D eigenvalue weighted by molar-refractivity contribution is -0.133. The zero-order valence-corrected chi connectivity index (χ0v) is 7.75. The second-order valence-electron chi connectivity index (χ2n) is 3.40. The van der Waals surface area contributed by atoms with Crippen LogP contribution in [0.3, 0.4) is 0 Å². The molecule has 0 aromatic heterocycles. The molecule has 1 N–H and O–H groups in total. The van der Waals surface area contributed by atoms with E-state index in [0.717, 1.165) is 0 Å². The van der Waals surface area contributed by atoms with Gasteiger partial charge in [-0.1, -0.05) is 12.2 Å². The molecular weight excluding hydrogens is 185 g/mol. The Morgan fingerprint density at radius 2 is 2.43 bits per heavy atom. The van der Waals surface area contributed by atoms with E-state index in [2.05, 4.69) is 0 Å². The van der Waals surface area contributed by atoms with Gasteiger partial charge >= 0.3 is 5.97 Å². The molecule has 0 aromatic carbocycles. The summed E-state index contributed by atoms with van der Waals surface area (Å²) in [5.74, 6) is -1.11. The van der Waals surface area contributed by atoms with Gasteiger partial charge in [-0.3, -0.25) is 0 Å². The van der Waals surface area contributed by atoms with Crippen molar-refractivity contribution >= 4 is 5.97 Å². The highest BCUT2D eigenvalue weighted by Crippen LogP contribution is 2.34. The summed E-state index contributed by atoms with van der Waals surface area (Å²) in [5, 5.41) is 17.1. The summed E-state index contributed by atoms with van der Waals surface area (Å²) in [7, 11) is 0. The number of alkyl halides is 1. The quantitative estimate of drug-likeness (QED) is 0.732. The highest BCUT2D eigenvalue weighted by atomic mass is 19.1. The van der Waals surface area contributed by atoms with Crippen molar-refractivity contribution in [2.24, 2.45) is 0 Å². The Morgan fingerprint density at radius 1 is 1.79 bits per heavy atom. The smallest absolute Gasteiger partial charge is 0.331 e. The van der Waals surface area contributed by atoms with Gasteiger partial charge in [0.2, 0.25) is 0 Å². The first kappa shape index (κ1) is 10.5. The minimum absolute atomic E-state index is 0.00357. The van der Waals surface area contributed by atoms with E-state index in [1.54, 1.807) is 0 Å². The molecule has 0 amide bonds. The Hall–Kier alpha value is -1.63. The molecule has 0 fully saturated rings. The van der Waals surface area contributed by atoms with Crippen molar-refractivity contribution in [1.29, 1.82) is 5.26 Å². The van der Waals surface area contributed by atoms with Gasteiger partial charge in [0.1, 0.15) is 5.67 Å². The fraction of sp³-hybridized carbons (Fsp3) is 0.400. The van der Waals surface area contributed by atoms with Gasteiger partial charge in [0.25, 0.3) is 0 Å². The molecule has 14 heavy (non-hydrogen) atoms. The van der Waals surface area contributed by atoms with E-state index in [9.17, 15) is 9.18 Å². The van der Waals surface area contributed by atoms with Gasteiger partial charge in [0.05, 0.1) is 12.5 Å². The second kappa shape index (κ2) is 3.62. The molecule has 1 unspecified atom stereocenters. The SMILES string of the molecule is CC1(F)CC(C(=O)O)=CC=C1CC#N. The van der Waals surface area contributed by atoms with Crippen molar-refractivity contribution in [1.82, 2.24) is 0 Å². The lowest BCUT2D eigenvalue weighted by Gasteiger charge is -2.25. The predicted molar refractivity (Wildman–Crippen MR) is 48.2 cm³/mol. The molecule has 4 heteroatoms. The molecule has 0 aromatic rings. The highest BCUT2D eigenvalue weighted by molar-refractivity contribution is 5.87. The zero-order chi connectivity index (χ0) is 10.8. The number of nitriles is 1. The van der Waals surface area contributed by atoms with Crippen molar-refractivity contribution in [2.45, 2.75) is 25.4 Å². The predicted octanol–water partition coefficient (Wildman–Crippen LogP) is 1.97. The van der Waals surface area contributed by atoms with Crippen LogP contribution in [0, 0.1) is 11.3 Å². The summed E-state index contributed by atoms with van der Waals surface area (Å²) in [6.07, 6.45) is 2.57. The van der Waals surface area contributed by atoms with Crippen molar-refractivity contribution in [3.63, 3.8) is 0 Å². The van der Waals surface area contributed by atoms with E-state index in [-0.39, 0.29) is 18.4 Å². The van der Waals surface area contributed by atoms with Crippen molar-refractivity contribution in [3.8, 4) is 6.07 Å². The number of hydrogen-bond acceptors (Lipinski definition) is 2. The lowest BCUT2D eigenvalue weighted by Crippen LogP contribution is -2.26. The number of carbonyl (C=O) groups is 1. The summed E-state index contributed by atoms with van der Waals surface area (Å²) >= 11 is 0. The Morgan fingerprint density at radius 3 is 2.86 bits per heavy atom. The normalized spacial score (nSPS) is 26.1. The van der Waals surface area contributed by atoms with Crippen molar-refractivity contribution in [2.75, 3.05) is 0 Å². The van der Waals surface area contributed by atoms with E-state index in [1.165, 1.54) is 19.1 Å². The van der Waals surface area contributed by atoms with Crippen molar-refractivity contribution in [3.05, 3.63) is 23.3 Å². The largest absolute Gasteiger partial charge is 0.478 e. The maximum atomic E-state index is 13.8. The Labute approximate surface area is 81.2 Å². The molecule has 0 aliphatic heterocycles. The number of halogens is 1. The van der Waals surface area contributed by atoms with Crippen LogP contribution in [0.4, 0.5) is 4.39 Å². The fourth-order valence-corrected chi connectivity index (χ4v) is 1.38. The van der Waals surface area contributed by atoms with Gasteiger partial charge in [-0.25, -0.2) is 9.18 Å². The number of nitrogens with zero attached hydrogens (tertiary/aromatic N) is 1. The van der Waals surface area contributed by atoms with Crippen molar-refractivity contribution < 1.29 is 14.3 Å². The van der Waals surface area contributed by atoms with Crippen LogP contribution in [0.15, 0.2) is 23.3 Å². The summed E-state index contributed by atoms with van der Waals surface area (Å²) in [6, 6.07) is 1.85. The van der Waals surface area contributed by atoms with Gasteiger partial charge in [0.15, 0.2) is 0 Å². The minimum Gasteiger partial charge on any atom is -0.478 e. The van der Waals surface area contributed by atoms with Crippen LogP contribution in [0.1, 0.15) is 19.8 Å². The fourth-order valence-electron chi connectivity index (χ4n) is 1.38. The first-order valence-corrected chi connectivity index (χ1v) is 4.17. The monoisotopic (exact) mass is 195 g/mol. The third-order valence-corrected chi connectivity index (χ3v) is 2.22. The van der Waals surface area contributed by atoms with E-state index < -0.39 is 11.6 Å². The van der Waals surface area contributed by atoms with Gasteiger partial charge in [-0.05, 0) is 12.5 Å². The van der Waals surface area contributed by atoms with E-state index in [0.29, 0.717) is 5.57 Å². The van der Waals surface area contributed by atoms with Crippen LogP contribution >= 0.6 is 0 Å². The summed E-state index contributed by atoms with van der Waals surface area (Å²) in [6.45, 7) is 1.30. The number of carboxylic acid groups (broad SMARTS) is 1. The van der Waals surface area contributed by atoms with Gasteiger partial charge in [0, 0.05) is 12.0 Å². The number of hydrogen-bond donors (Lipinski definition) is 1. The molecule has 0 saturated carbocycles. The summed E-state index contributed by atoms with van der Waals surface area (Å²) in [5.41, 5.74) is -1.33. The van der Waals surface area contributed by atoms with Crippen LogP contribution in [-0.2, 0) is 4.79 Å². The molecule has 1 atom stereocenters. The van der Waals surface area contributed by atoms with Crippen LogP contribution in [0.5, 0.6) is 0 Å². The van der Waals surface area contributed by atoms with Gasteiger partial charge < -0.3 is 5.11 Å². The third-order valence-electron chi connectivity index (χ3n) is 2.22. The van der Waals surface area contributed by atoms with E-state index >= 15 is 0 Å². The number of carboxylic acids is 1. The third kappa shape index (κ3) is 1.99. The Balaban J connectivity index is 2.98. The first-order chi connectivity index (χ1) is 6.47. The molecule has 1 aliphatic rings. The molecule has 0 radical (unpaired) electrons. The highest BCUT2D eigenvalue weighted by Gasteiger charge is 2.33. The summed E-state index contributed by atoms with van der Waals surface area (Å²) in [4.78, 5) is 10.6. The number of allylic oxidation sites excluding steroid dienone is 3. The average molecular weight is 195 g/mol. The summed E-state index contributed by atoms with van der Waals surface area (Å²) < 4.78 is 13.8. The molecule has 0 saturated heterocycles. The van der Waals surface area contributed by atoms with E-state index in [4.69, 9.17) is 10.4 Å². The van der Waals surface area contributed by atoms with Crippen LogP contribution in [0.2, 0.25) is 0 Å². The zero-order valence-electron chi connectivity index (χ0n) is 7.75. The number of rotatable bonds is 2. The first-order valence-electron chi connectivity index (χ1n) is 4.17. The molecule has 74 valence electrons. The molecule has 0 heterocycles.